The van der Waals surface area contributed by atoms with Crippen molar-refractivity contribution in [2.24, 2.45) is 0 Å². The number of nitrogens with two attached hydrogens (primary N) is 1. The van der Waals surface area contributed by atoms with Gasteiger partial charge < -0.3 is 29.2 Å². The fourth-order valence-electron chi connectivity index (χ4n) is 3.30. The second-order valence-electron chi connectivity index (χ2n) is 6.33. The maximum Gasteiger partial charge on any atom is 0.356 e. The predicted octanol–water partition coefficient (Wildman–Crippen LogP) is 1.17. The summed E-state index contributed by atoms with van der Waals surface area (Å²) in [6.45, 7) is 7.84. The van der Waals surface area contributed by atoms with Gasteiger partial charge in [0.1, 0.15) is 12.5 Å². The second-order valence-corrected chi connectivity index (χ2v) is 8.33. The molecule has 0 amide bonds. The van der Waals surface area contributed by atoms with Crippen LogP contribution in [0.2, 0.25) is 0 Å². The minimum absolute atomic E-state index is 0.0365. The van der Waals surface area contributed by atoms with Gasteiger partial charge in [0.2, 0.25) is 5.95 Å². The summed E-state index contributed by atoms with van der Waals surface area (Å²) >= 11 is 0. The van der Waals surface area contributed by atoms with E-state index in [-0.39, 0.29) is 43.1 Å². The molecule has 154 valence electrons. The van der Waals surface area contributed by atoms with Crippen molar-refractivity contribution in [3.05, 3.63) is 28.8 Å². The van der Waals surface area contributed by atoms with Crippen molar-refractivity contribution in [2.45, 2.75) is 38.5 Å². The minimum atomic E-state index is -3.42. The number of nitrogens with zero attached hydrogens (tertiary/aromatic N) is 3. The molecule has 1 aliphatic rings. The Morgan fingerprint density at radius 2 is 2.11 bits per heavy atom. The zero-order chi connectivity index (χ0) is 20.5. The van der Waals surface area contributed by atoms with Crippen LogP contribution in [0.1, 0.15) is 26.3 Å². The maximum absolute atomic E-state index is 12.6. The third-order valence-electron chi connectivity index (χ3n) is 4.46. The molecule has 0 aliphatic heterocycles. The summed E-state index contributed by atoms with van der Waals surface area (Å²) in [6.07, 6.45) is -0.279. The minimum Gasteiger partial charge on any atom is -0.390 e. The molecule has 0 bridgehead atoms. The Labute approximate surface area is 161 Å². The smallest absolute Gasteiger partial charge is 0.356 e. The van der Waals surface area contributed by atoms with Crippen molar-refractivity contribution in [1.29, 1.82) is 0 Å². The van der Waals surface area contributed by atoms with Gasteiger partial charge >= 0.3 is 7.60 Å². The van der Waals surface area contributed by atoms with Crippen molar-refractivity contribution in [3.8, 4) is 0 Å². The molecule has 0 radical (unpaired) electrons. The third kappa shape index (κ3) is 3.89. The summed E-state index contributed by atoms with van der Waals surface area (Å²) in [5.74, 6) is -0.0365. The normalized spacial score (nSPS) is 23.0. The van der Waals surface area contributed by atoms with Crippen molar-refractivity contribution in [3.63, 3.8) is 0 Å². The number of aliphatic hydroxyl groups is 1. The van der Waals surface area contributed by atoms with Crippen LogP contribution < -0.4 is 11.3 Å². The molecule has 2 aromatic rings. The van der Waals surface area contributed by atoms with E-state index in [0.29, 0.717) is 5.57 Å². The lowest BCUT2D eigenvalue weighted by atomic mass is 10.1. The first-order chi connectivity index (χ1) is 13.3. The van der Waals surface area contributed by atoms with E-state index in [4.69, 9.17) is 19.5 Å². The van der Waals surface area contributed by atoms with Gasteiger partial charge in [-0.3, -0.25) is 14.3 Å². The van der Waals surface area contributed by atoms with Crippen molar-refractivity contribution in [2.75, 3.05) is 25.3 Å². The van der Waals surface area contributed by atoms with Gasteiger partial charge in [0.25, 0.3) is 5.56 Å². The summed E-state index contributed by atoms with van der Waals surface area (Å²) in [7, 11) is -3.42. The highest BCUT2D eigenvalue weighted by Gasteiger charge is 2.41. The quantitative estimate of drug-likeness (QED) is 0.427. The Morgan fingerprint density at radius 1 is 1.43 bits per heavy atom. The lowest BCUT2D eigenvalue weighted by Gasteiger charge is -2.22. The highest BCUT2D eigenvalue weighted by molar-refractivity contribution is 7.53. The van der Waals surface area contributed by atoms with E-state index in [0.717, 1.165) is 0 Å². The molecule has 3 rings (SSSR count). The molecule has 12 heteroatoms. The van der Waals surface area contributed by atoms with Gasteiger partial charge in [-0.2, -0.15) is 4.98 Å². The number of nitrogens with one attached hydrogen (secondary N) is 1. The number of ether oxygens (including phenoxy) is 1. The van der Waals surface area contributed by atoms with Crippen LogP contribution in [0.4, 0.5) is 5.95 Å². The number of anilines is 1. The first-order valence-corrected chi connectivity index (χ1v) is 10.6. The molecule has 1 aliphatic carbocycles. The van der Waals surface area contributed by atoms with E-state index in [9.17, 15) is 14.5 Å². The van der Waals surface area contributed by atoms with Crippen LogP contribution in [-0.4, -0.2) is 56.4 Å². The molecule has 28 heavy (non-hydrogen) atoms. The average Bonchev–Trinajstić information content (AvgIpc) is 3.15. The lowest BCUT2D eigenvalue weighted by molar-refractivity contribution is 0.00948. The molecule has 3 atom stereocenters. The number of aromatic amines is 1. The van der Waals surface area contributed by atoms with Crippen molar-refractivity contribution < 1.29 is 23.5 Å². The van der Waals surface area contributed by atoms with Gasteiger partial charge in [-0.05, 0) is 19.4 Å². The molecular formula is C16H24N5O6P. The van der Waals surface area contributed by atoms with E-state index in [1.165, 1.54) is 6.33 Å². The standard InChI is InChI=1S/C16H24N5O6P/c1-4-26-28(24,27-5-2)8-25-13-9(3)10(6-11(13)22)21-7-18-12-14(21)19-16(17)20-15(12)23/h7,10-11,13,22H,3-6,8H2,1-2H3,(H3,17,19,20,23)/t10-,11-,13-/m0/s1. The number of hydrogen-bond donors (Lipinski definition) is 3. The van der Waals surface area contributed by atoms with Crippen LogP contribution in [-0.2, 0) is 18.3 Å². The Bertz CT molecular complexity index is 962. The molecule has 0 unspecified atom stereocenters. The Kier molecular flexibility index (Phi) is 6.01. The number of rotatable bonds is 8. The summed E-state index contributed by atoms with van der Waals surface area (Å²) in [5.41, 5.74) is 6.14. The lowest BCUT2D eigenvalue weighted by Crippen LogP contribution is -2.25. The van der Waals surface area contributed by atoms with Gasteiger partial charge in [0.05, 0.1) is 31.7 Å². The summed E-state index contributed by atoms with van der Waals surface area (Å²) in [6, 6.07) is -0.419. The molecule has 0 saturated heterocycles. The molecule has 2 heterocycles. The van der Waals surface area contributed by atoms with E-state index >= 15 is 0 Å². The number of aromatic nitrogens is 4. The molecule has 1 saturated carbocycles. The highest BCUT2D eigenvalue weighted by atomic mass is 31.2. The zero-order valence-corrected chi connectivity index (χ0v) is 16.6. The summed E-state index contributed by atoms with van der Waals surface area (Å²) < 4.78 is 30.3. The number of aliphatic hydroxyl groups excluding tert-OH is 1. The van der Waals surface area contributed by atoms with Crippen LogP contribution in [0.25, 0.3) is 11.2 Å². The molecule has 4 N–H and O–H groups in total. The van der Waals surface area contributed by atoms with E-state index < -0.39 is 31.4 Å². The number of nitrogen functional groups attached to an aromatic ring is 1. The highest BCUT2D eigenvalue weighted by Crippen LogP contribution is 2.49. The van der Waals surface area contributed by atoms with E-state index in [1.807, 2.05) is 0 Å². The van der Waals surface area contributed by atoms with Crippen molar-refractivity contribution >= 4 is 24.7 Å². The molecule has 0 spiro atoms. The number of imidazole rings is 1. The maximum atomic E-state index is 12.6. The predicted molar refractivity (Wildman–Crippen MR) is 102 cm³/mol. The van der Waals surface area contributed by atoms with Crippen LogP contribution in [0.3, 0.4) is 0 Å². The fraction of sp³-hybridized carbons (Fsp3) is 0.562. The molecule has 2 aromatic heterocycles. The van der Waals surface area contributed by atoms with Crippen LogP contribution in [0, 0.1) is 0 Å². The summed E-state index contributed by atoms with van der Waals surface area (Å²) in [4.78, 5) is 22.6. The number of fused-ring (bicyclic) bond motifs is 1. The zero-order valence-electron chi connectivity index (χ0n) is 15.7. The van der Waals surface area contributed by atoms with Crippen LogP contribution in [0.15, 0.2) is 23.3 Å². The molecule has 0 aromatic carbocycles. The average molecular weight is 413 g/mol. The Balaban J connectivity index is 1.82. The van der Waals surface area contributed by atoms with E-state index in [1.54, 1.807) is 18.4 Å². The Morgan fingerprint density at radius 3 is 2.75 bits per heavy atom. The van der Waals surface area contributed by atoms with Gasteiger partial charge in [-0.15, -0.1) is 0 Å². The molecule has 11 nitrogen and oxygen atoms in total. The molecular weight excluding hydrogens is 389 g/mol. The van der Waals surface area contributed by atoms with Crippen LogP contribution >= 0.6 is 7.60 Å². The van der Waals surface area contributed by atoms with Gasteiger partial charge in [-0.25, -0.2) is 4.98 Å². The second kappa shape index (κ2) is 8.14. The topological polar surface area (TPSA) is 155 Å². The van der Waals surface area contributed by atoms with Gasteiger partial charge in [0.15, 0.2) is 11.2 Å². The van der Waals surface area contributed by atoms with Gasteiger partial charge in [-0.1, -0.05) is 6.58 Å². The largest absolute Gasteiger partial charge is 0.390 e. The monoisotopic (exact) mass is 413 g/mol. The first-order valence-electron chi connectivity index (χ1n) is 8.88. The third-order valence-corrected chi connectivity index (χ3v) is 6.23. The first kappa shape index (κ1) is 20.7. The number of hydrogen-bond acceptors (Lipinski definition) is 9. The van der Waals surface area contributed by atoms with Crippen molar-refractivity contribution in [1.82, 2.24) is 19.5 Å². The van der Waals surface area contributed by atoms with Crippen LogP contribution in [0.5, 0.6) is 0 Å². The van der Waals surface area contributed by atoms with E-state index in [2.05, 4.69) is 21.5 Å². The fourth-order valence-corrected chi connectivity index (χ4v) is 4.65. The number of H-pyrrole nitrogens is 1. The molecule has 1 fully saturated rings. The Hall–Kier alpha value is -2.04. The summed E-state index contributed by atoms with van der Waals surface area (Å²) in [5, 5.41) is 10.5. The SMILES string of the molecule is C=C1[C@H](OCP(=O)(OCC)OCC)[C@@H](O)C[C@@H]1n1cnc2c(=O)[nH]c(N)nc21. The van der Waals surface area contributed by atoms with Gasteiger partial charge in [0, 0.05) is 6.42 Å².